The molecule has 0 aliphatic heterocycles. The highest BCUT2D eigenvalue weighted by molar-refractivity contribution is 5.88. The molecule has 1 saturated carbocycles. The largest absolute Gasteiger partial charge is 0.478 e. The van der Waals surface area contributed by atoms with Gasteiger partial charge in [-0.2, -0.15) is 0 Å². The summed E-state index contributed by atoms with van der Waals surface area (Å²) in [7, 11) is 0. The molecular formula is C14H19FN2O2. The van der Waals surface area contributed by atoms with Gasteiger partial charge in [-0.3, -0.25) is 0 Å². The standard InChI is InChI=1S/C14H19FN2O2/c1-8-5-9(2)7-10(6-8)17-13-12(15)11(14(18)19)3-4-16-13/h3-4,8-10H,5-7H2,1-2H3,(H,16,17)(H,18,19). The van der Waals surface area contributed by atoms with Gasteiger partial charge in [0.05, 0.1) is 0 Å². The van der Waals surface area contributed by atoms with Crippen molar-refractivity contribution >= 4 is 11.8 Å². The third-order valence-corrected chi connectivity index (χ3v) is 3.64. The Bertz CT molecular complexity index is 469. The van der Waals surface area contributed by atoms with Gasteiger partial charge in [0.15, 0.2) is 11.6 Å². The van der Waals surface area contributed by atoms with E-state index in [0.29, 0.717) is 11.8 Å². The number of aromatic carboxylic acids is 1. The van der Waals surface area contributed by atoms with E-state index in [9.17, 15) is 9.18 Å². The number of pyridine rings is 1. The monoisotopic (exact) mass is 266 g/mol. The Morgan fingerprint density at radius 1 is 1.37 bits per heavy atom. The zero-order valence-corrected chi connectivity index (χ0v) is 11.2. The molecule has 0 radical (unpaired) electrons. The number of rotatable bonds is 3. The Hall–Kier alpha value is -1.65. The topological polar surface area (TPSA) is 62.2 Å². The second-order valence-corrected chi connectivity index (χ2v) is 5.58. The molecule has 2 rings (SSSR count). The minimum atomic E-state index is -1.27. The number of anilines is 1. The lowest BCUT2D eigenvalue weighted by Gasteiger charge is -2.32. The second-order valence-electron chi connectivity index (χ2n) is 5.58. The minimum absolute atomic E-state index is 0.0474. The quantitative estimate of drug-likeness (QED) is 0.882. The number of nitrogens with zero attached hydrogens (tertiary/aromatic N) is 1. The van der Waals surface area contributed by atoms with E-state index < -0.39 is 11.8 Å². The highest BCUT2D eigenvalue weighted by Crippen LogP contribution is 2.30. The van der Waals surface area contributed by atoms with Crippen LogP contribution in [0.4, 0.5) is 10.2 Å². The fraction of sp³-hybridized carbons (Fsp3) is 0.571. The van der Waals surface area contributed by atoms with Gasteiger partial charge in [0.2, 0.25) is 0 Å². The predicted octanol–water partition coefficient (Wildman–Crippen LogP) is 3.16. The molecule has 2 atom stereocenters. The number of nitrogens with one attached hydrogen (secondary N) is 1. The van der Waals surface area contributed by atoms with Crippen molar-refractivity contribution < 1.29 is 14.3 Å². The molecule has 5 heteroatoms. The van der Waals surface area contributed by atoms with Crippen molar-refractivity contribution in [3.63, 3.8) is 0 Å². The highest BCUT2D eigenvalue weighted by Gasteiger charge is 2.25. The van der Waals surface area contributed by atoms with Crippen molar-refractivity contribution in [3.05, 3.63) is 23.6 Å². The van der Waals surface area contributed by atoms with E-state index in [0.717, 1.165) is 12.8 Å². The van der Waals surface area contributed by atoms with Crippen molar-refractivity contribution in [3.8, 4) is 0 Å². The highest BCUT2D eigenvalue weighted by atomic mass is 19.1. The van der Waals surface area contributed by atoms with Crippen molar-refractivity contribution in [1.82, 2.24) is 4.98 Å². The van der Waals surface area contributed by atoms with E-state index in [1.165, 1.54) is 18.7 Å². The molecule has 1 aromatic heterocycles. The molecule has 1 aliphatic rings. The van der Waals surface area contributed by atoms with Crippen molar-refractivity contribution in [1.29, 1.82) is 0 Å². The van der Waals surface area contributed by atoms with Gasteiger partial charge in [0.1, 0.15) is 5.56 Å². The molecule has 19 heavy (non-hydrogen) atoms. The SMILES string of the molecule is CC1CC(C)CC(Nc2nccc(C(=O)O)c2F)C1. The third-order valence-electron chi connectivity index (χ3n) is 3.64. The summed E-state index contributed by atoms with van der Waals surface area (Å²) in [4.78, 5) is 14.8. The first-order valence-corrected chi connectivity index (χ1v) is 6.61. The molecule has 1 fully saturated rings. The molecule has 1 aromatic rings. The van der Waals surface area contributed by atoms with Gasteiger partial charge in [0, 0.05) is 12.2 Å². The molecule has 2 N–H and O–H groups in total. The van der Waals surface area contributed by atoms with Crippen LogP contribution < -0.4 is 5.32 Å². The number of hydrogen-bond donors (Lipinski definition) is 2. The van der Waals surface area contributed by atoms with Gasteiger partial charge in [-0.05, 0) is 37.2 Å². The molecule has 104 valence electrons. The van der Waals surface area contributed by atoms with Crippen LogP contribution in [-0.2, 0) is 0 Å². The summed E-state index contributed by atoms with van der Waals surface area (Å²) in [6.45, 7) is 4.36. The van der Waals surface area contributed by atoms with Gasteiger partial charge in [-0.25, -0.2) is 14.2 Å². The Labute approximate surface area is 112 Å². The van der Waals surface area contributed by atoms with Crippen molar-refractivity contribution in [2.75, 3.05) is 5.32 Å². The maximum atomic E-state index is 14.0. The second kappa shape index (κ2) is 5.55. The molecule has 0 amide bonds. The zero-order chi connectivity index (χ0) is 14.0. The first kappa shape index (κ1) is 13.8. The molecule has 0 bridgehead atoms. The normalized spacial score (nSPS) is 27.0. The number of aromatic nitrogens is 1. The van der Waals surface area contributed by atoms with Crippen LogP contribution in [-0.4, -0.2) is 22.1 Å². The van der Waals surface area contributed by atoms with Crippen molar-refractivity contribution in [2.45, 2.75) is 39.2 Å². The number of halogens is 1. The molecular weight excluding hydrogens is 247 g/mol. The summed E-state index contributed by atoms with van der Waals surface area (Å²) in [5.74, 6) is -0.820. The van der Waals surface area contributed by atoms with Gasteiger partial charge < -0.3 is 10.4 Å². The smallest absolute Gasteiger partial charge is 0.338 e. The van der Waals surface area contributed by atoms with Gasteiger partial charge >= 0.3 is 5.97 Å². The lowest BCUT2D eigenvalue weighted by Crippen LogP contribution is -2.31. The fourth-order valence-corrected chi connectivity index (χ4v) is 2.97. The maximum Gasteiger partial charge on any atom is 0.338 e. The maximum absolute atomic E-state index is 14.0. The van der Waals surface area contributed by atoms with Gasteiger partial charge in [-0.1, -0.05) is 13.8 Å². The predicted molar refractivity (Wildman–Crippen MR) is 70.7 cm³/mol. The summed E-state index contributed by atoms with van der Waals surface area (Å²) in [6.07, 6.45) is 4.43. The van der Waals surface area contributed by atoms with Crippen LogP contribution in [0.15, 0.2) is 12.3 Å². The van der Waals surface area contributed by atoms with Crippen LogP contribution in [0.25, 0.3) is 0 Å². The third kappa shape index (κ3) is 3.22. The Morgan fingerprint density at radius 3 is 2.58 bits per heavy atom. The van der Waals surface area contributed by atoms with Crippen LogP contribution >= 0.6 is 0 Å². The number of carbonyl (C=O) groups is 1. The number of hydrogen-bond acceptors (Lipinski definition) is 3. The van der Waals surface area contributed by atoms with Crippen LogP contribution in [0.1, 0.15) is 43.5 Å². The molecule has 1 heterocycles. The molecule has 4 nitrogen and oxygen atoms in total. The van der Waals surface area contributed by atoms with Gasteiger partial charge in [0.25, 0.3) is 0 Å². The van der Waals surface area contributed by atoms with Crippen LogP contribution in [0.5, 0.6) is 0 Å². The number of carboxylic acid groups (broad SMARTS) is 1. The van der Waals surface area contributed by atoms with E-state index in [4.69, 9.17) is 5.11 Å². The summed E-state index contributed by atoms with van der Waals surface area (Å²) in [6, 6.07) is 1.33. The van der Waals surface area contributed by atoms with E-state index >= 15 is 0 Å². The molecule has 0 aromatic carbocycles. The zero-order valence-electron chi connectivity index (χ0n) is 11.2. The van der Waals surface area contributed by atoms with E-state index in [1.807, 2.05) is 0 Å². The summed E-state index contributed by atoms with van der Waals surface area (Å²) < 4.78 is 14.0. The van der Waals surface area contributed by atoms with Crippen molar-refractivity contribution in [2.24, 2.45) is 11.8 Å². The average molecular weight is 266 g/mol. The first-order valence-electron chi connectivity index (χ1n) is 6.61. The number of carboxylic acids is 1. The summed E-state index contributed by atoms with van der Waals surface area (Å²) in [5.41, 5.74) is -0.339. The summed E-state index contributed by atoms with van der Waals surface area (Å²) in [5, 5.41) is 11.9. The minimum Gasteiger partial charge on any atom is -0.478 e. The molecule has 1 aliphatic carbocycles. The first-order chi connectivity index (χ1) is 8.97. The Morgan fingerprint density at radius 2 is 2.00 bits per heavy atom. The van der Waals surface area contributed by atoms with Gasteiger partial charge in [-0.15, -0.1) is 0 Å². The lowest BCUT2D eigenvalue weighted by molar-refractivity contribution is 0.0691. The lowest BCUT2D eigenvalue weighted by atomic mass is 9.80. The fourth-order valence-electron chi connectivity index (χ4n) is 2.97. The Kier molecular flexibility index (Phi) is 4.02. The van der Waals surface area contributed by atoms with E-state index in [2.05, 4.69) is 24.1 Å². The Balaban J connectivity index is 2.15. The average Bonchev–Trinajstić information content (AvgIpc) is 2.30. The van der Waals surface area contributed by atoms with E-state index in [-0.39, 0.29) is 17.4 Å². The molecule has 0 spiro atoms. The summed E-state index contributed by atoms with van der Waals surface area (Å²) >= 11 is 0. The van der Waals surface area contributed by atoms with Crippen LogP contribution in [0, 0.1) is 17.7 Å². The molecule has 0 saturated heterocycles. The van der Waals surface area contributed by atoms with E-state index in [1.54, 1.807) is 0 Å². The van der Waals surface area contributed by atoms with Crippen LogP contribution in [0.2, 0.25) is 0 Å². The molecule has 2 unspecified atom stereocenters. The van der Waals surface area contributed by atoms with Crippen LogP contribution in [0.3, 0.4) is 0 Å².